The van der Waals surface area contributed by atoms with Crippen molar-refractivity contribution in [2.45, 2.75) is 131 Å². The number of nitrogens with one attached hydrogen (secondary N) is 1. The van der Waals surface area contributed by atoms with Gasteiger partial charge in [-0.05, 0) is 96.3 Å². The molecule has 80 heavy (non-hydrogen) atoms. The maximum absolute atomic E-state index is 12.9. The van der Waals surface area contributed by atoms with Crippen LogP contribution in [-0.2, 0) is 87.4 Å². The first-order chi connectivity index (χ1) is 38.2. The molecular formula is C52H67N15O12S. The van der Waals surface area contributed by atoms with Crippen LogP contribution in [0.15, 0.2) is 79.1 Å². The second-order valence-corrected chi connectivity index (χ2v) is 22.7. The number of aryl methyl sites for hydroxylation is 9. The van der Waals surface area contributed by atoms with E-state index in [2.05, 4.69) is 39.9 Å². The highest BCUT2D eigenvalue weighted by Crippen LogP contribution is 2.32. The highest BCUT2D eigenvalue weighted by atomic mass is 32.2. The van der Waals surface area contributed by atoms with Crippen molar-refractivity contribution >= 4 is 43.2 Å². The van der Waals surface area contributed by atoms with Crippen LogP contribution in [0.3, 0.4) is 0 Å². The Kier molecular flexibility index (Phi) is 17.1. The summed E-state index contributed by atoms with van der Waals surface area (Å²) in [5, 5.41) is 24.2. The molecule has 1 N–H and O–H groups in total. The van der Waals surface area contributed by atoms with Crippen molar-refractivity contribution in [3.8, 4) is 0 Å². The van der Waals surface area contributed by atoms with Crippen LogP contribution in [0.1, 0.15) is 92.1 Å². The van der Waals surface area contributed by atoms with Gasteiger partial charge in [-0.1, -0.05) is 15.5 Å². The van der Waals surface area contributed by atoms with Gasteiger partial charge in [-0.3, -0.25) is 60.4 Å². The van der Waals surface area contributed by atoms with Gasteiger partial charge in [0.05, 0.1) is 65.1 Å². The lowest BCUT2D eigenvalue weighted by Gasteiger charge is -2.09. The van der Waals surface area contributed by atoms with Crippen LogP contribution < -0.4 is 33.7 Å². The fraction of sp³-hybridized carbons (Fsp3) is 0.538. The second kappa shape index (κ2) is 24.2. The SMILES string of the molecule is Cc1cc(CCCOS(C)(=O)=O)on1.Cc1cc(CCCn2c(=O)c3c(cnn3CC3CC3)n(C)c2=O)on1.Cc1cc(CCCn2c(=O)c3c(cnn3CC3CC3)n(C)c2=O)on1.Cn1c(=O)[nH]c(=O)c2c1cnn2CC1CC1. The number of nitrogens with zero attached hydrogens (tertiary/aromatic N) is 14. The Hall–Kier alpha value is -8.01. The smallest absolute Gasteiger partial charge is 0.331 e. The van der Waals surface area contributed by atoms with Crippen molar-refractivity contribution in [1.29, 1.82) is 0 Å². The average molecular weight is 1130 g/mol. The van der Waals surface area contributed by atoms with Gasteiger partial charge in [0, 0.05) is 91.3 Å². The van der Waals surface area contributed by atoms with Crippen molar-refractivity contribution in [2.24, 2.45) is 38.9 Å². The molecule has 9 aromatic heterocycles. The molecule has 3 aliphatic rings. The molecule has 0 aliphatic heterocycles. The zero-order valence-corrected chi connectivity index (χ0v) is 46.8. The van der Waals surface area contributed by atoms with E-state index in [-0.39, 0.29) is 34.7 Å². The molecule has 9 aromatic rings. The molecule has 12 rings (SSSR count). The van der Waals surface area contributed by atoms with Crippen molar-refractivity contribution < 1.29 is 26.2 Å². The summed E-state index contributed by atoms with van der Waals surface area (Å²) in [6, 6.07) is 5.56. The van der Waals surface area contributed by atoms with Crippen molar-refractivity contribution in [3.63, 3.8) is 0 Å². The van der Waals surface area contributed by atoms with Gasteiger partial charge in [0.1, 0.15) is 17.3 Å². The molecule has 3 aliphatic carbocycles. The number of hydrogen-bond donors (Lipinski definition) is 1. The third-order valence-electron chi connectivity index (χ3n) is 14.1. The van der Waals surface area contributed by atoms with Gasteiger partial charge < -0.3 is 13.6 Å². The molecular weight excluding hydrogens is 1060 g/mol. The van der Waals surface area contributed by atoms with Crippen LogP contribution >= 0.6 is 0 Å². The minimum Gasteiger partial charge on any atom is -0.361 e. The Balaban J connectivity index is 0.000000133. The van der Waals surface area contributed by atoms with Gasteiger partial charge in [-0.25, -0.2) is 14.4 Å². The first-order valence-corrected chi connectivity index (χ1v) is 28.6. The lowest BCUT2D eigenvalue weighted by molar-refractivity contribution is 0.304. The van der Waals surface area contributed by atoms with E-state index in [9.17, 15) is 37.2 Å². The molecule has 428 valence electrons. The number of rotatable bonds is 19. The Labute approximate surface area is 456 Å². The Morgan fingerprint density at radius 2 is 0.912 bits per heavy atom. The molecule has 0 unspecified atom stereocenters. The molecule has 0 saturated heterocycles. The molecule has 3 fully saturated rings. The topological polar surface area (TPSA) is 318 Å². The Morgan fingerprint density at radius 1 is 0.550 bits per heavy atom. The molecule has 3 saturated carbocycles. The van der Waals surface area contributed by atoms with Crippen LogP contribution in [0.5, 0.6) is 0 Å². The van der Waals surface area contributed by atoms with Gasteiger partial charge in [-0.15, -0.1) is 0 Å². The van der Waals surface area contributed by atoms with Crippen molar-refractivity contribution in [2.75, 3.05) is 12.9 Å². The largest absolute Gasteiger partial charge is 0.361 e. The van der Waals surface area contributed by atoms with E-state index in [0.29, 0.717) is 102 Å². The molecule has 28 heteroatoms. The lowest BCUT2D eigenvalue weighted by Crippen LogP contribution is -2.39. The van der Waals surface area contributed by atoms with Gasteiger partial charge in [0.25, 0.3) is 26.8 Å². The van der Waals surface area contributed by atoms with Gasteiger partial charge in [0.2, 0.25) is 0 Å². The summed E-state index contributed by atoms with van der Waals surface area (Å²) in [4.78, 5) is 76.2. The highest BCUT2D eigenvalue weighted by molar-refractivity contribution is 7.85. The summed E-state index contributed by atoms with van der Waals surface area (Å²) in [5.74, 6) is 4.12. The van der Waals surface area contributed by atoms with E-state index in [4.69, 9.17) is 13.6 Å². The summed E-state index contributed by atoms with van der Waals surface area (Å²) in [6.45, 7) is 8.68. The van der Waals surface area contributed by atoms with E-state index < -0.39 is 15.8 Å². The minimum absolute atomic E-state index is 0.179. The van der Waals surface area contributed by atoms with E-state index in [1.54, 1.807) is 53.8 Å². The molecule has 0 radical (unpaired) electrons. The summed E-state index contributed by atoms with van der Waals surface area (Å²) >= 11 is 0. The fourth-order valence-corrected chi connectivity index (χ4v) is 9.63. The Bertz CT molecular complexity index is 3980. The zero-order valence-electron chi connectivity index (χ0n) is 46.0. The Morgan fingerprint density at radius 3 is 1.26 bits per heavy atom. The predicted octanol–water partition coefficient (Wildman–Crippen LogP) is 3.20. The average Bonchev–Trinajstić information content (AvgIpc) is 4.44. The first-order valence-electron chi connectivity index (χ1n) is 26.8. The fourth-order valence-electron chi connectivity index (χ4n) is 9.21. The van der Waals surface area contributed by atoms with Crippen molar-refractivity contribution in [1.82, 2.24) is 72.6 Å². The third-order valence-corrected chi connectivity index (χ3v) is 14.7. The number of H-pyrrole nitrogens is 1. The van der Waals surface area contributed by atoms with E-state index in [0.717, 1.165) is 60.3 Å². The highest BCUT2D eigenvalue weighted by Gasteiger charge is 2.27. The third kappa shape index (κ3) is 13.9. The lowest BCUT2D eigenvalue weighted by atomic mass is 10.2. The van der Waals surface area contributed by atoms with Crippen molar-refractivity contribution in [3.05, 3.63) is 134 Å². The van der Waals surface area contributed by atoms with E-state index >= 15 is 0 Å². The van der Waals surface area contributed by atoms with Gasteiger partial charge in [-0.2, -0.15) is 23.7 Å². The summed E-state index contributed by atoms with van der Waals surface area (Å²) < 4.78 is 53.3. The molecule has 27 nitrogen and oxygen atoms in total. The van der Waals surface area contributed by atoms with Crippen LogP contribution in [0.4, 0.5) is 0 Å². The predicted molar refractivity (Wildman–Crippen MR) is 292 cm³/mol. The van der Waals surface area contributed by atoms with Crippen LogP contribution in [-0.4, -0.2) is 93.9 Å². The van der Waals surface area contributed by atoms with Crippen LogP contribution in [0, 0.1) is 38.5 Å². The van der Waals surface area contributed by atoms with E-state index in [1.807, 2.05) is 39.0 Å². The molecule has 0 atom stereocenters. The van der Waals surface area contributed by atoms with Crippen LogP contribution in [0.25, 0.3) is 33.1 Å². The maximum atomic E-state index is 12.9. The standard InChI is InChI=1S/2C17H21N5O3.C10H12N4O2.C8H13NO4S/c2*1-11-8-13(25-19-11)4-3-7-21-16(23)15-14(20(2)17(21)24)9-18-22(15)10-12-5-6-12;1-13-7-4-11-14(5-6-2-3-6)8(7)9(15)12-10(13)16;1-7-6-8(13-9-7)4-3-5-12-14(2,10)11/h2*8-9,12H,3-7,10H2,1-2H3;4,6H,2-3,5H2,1H3,(H,12,15,16);6H,3-5H2,1-2H3. The quantitative estimate of drug-likeness (QED) is 0.0897. The van der Waals surface area contributed by atoms with Crippen LogP contribution in [0.2, 0.25) is 0 Å². The molecule has 0 bridgehead atoms. The van der Waals surface area contributed by atoms with E-state index in [1.165, 1.54) is 61.4 Å². The molecule has 0 spiro atoms. The second-order valence-electron chi connectivity index (χ2n) is 21.1. The number of aromatic amines is 1. The molecule has 9 heterocycles. The summed E-state index contributed by atoms with van der Waals surface area (Å²) in [7, 11) is 1.68. The maximum Gasteiger partial charge on any atom is 0.331 e. The summed E-state index contributed by atoms with van der Waals surface area (Å²) in [5.41, 5.74) is 3.91. The molecule has 0 aromatic carbocycles. The first kappa shape index (κ1) is 56.7. The number of hydrogen-bond acceptors (Lipinski definition) is 18. The number of aromatic nitrogens is 15. The zero-order chi connectivity index (χ0) is 57.0. The molecule has 0 amide bonds. The van der Waals surface area contributed by atoms with Gasteiger partial charge in [0.15, 0.2) is 16.6 Å². The normalized spacial score (nSPS) is 14.3. The summed E-state index contributed by atoms with van der Waals surface area (Å²) in [6.07, 6.45) is 16.7. The monoisotopic (exact) mass is 1130 g/mol. The minimum atomic E-state index is -3.32. The number of fused-ring (bicyclic) bond motifs is 3. The van der Waals surface area contributed by atoms with Gasteiger partial charge >= 0.3 is 17.1 Å².